The molecule has 0 saturated carbocycles. The molecule has 0 fully saturated rings. The first-order valence-electron chi connectivity index (χ1n) is 10.4. The molecule has 8 nitrogen and oxygen atoms in total. The number of carbonyl (C=O) groups excluding carboxylic acids is 2. The molecule has 33 heavy (non-hydrogen) atoms. The molecule has 0 saturated heterocycles. The zero-order valence-corrected chi connectivity index (χ0v) is 21.0. The zero-order valence-electron chi connectivity index (χ0n) is 19.5. The highest BCUT2D eigenvalue weighted by molar-refractivity contribution is 7.92. The average Bonchev–Trinajstić information content (AvgIpc) is 2.76. The van der Waals surface area contributed by atoms with Gasteiger partial charge in [0.15, 0.2) is 0 Å². The van der Waals surface area contributed by atoms with Gasteiger partial charge in [-0.1, -0.05) is 29.8 Å². The smallest absolute Gasteiger partial charge is 0.244 e. The summed E-state index contributed by atoms with van der Waals surface area (Å²) in [6.07, 6.45) is 1.02. The third-order valence-corrected chi connectivity index (χ3v) is 6.68. The van der Waals surface area contributed by atoms with Crippen LogP contribution in [-0.4, -0.2) is 57.6 Å². The third-order valence-electron chi connectivity index (χ3n) is 5.13. The number of carbonyl (C=O) groups is 2. The lowest BCUT2D eigenvalue weighted by atomic mass is 10.1. The number of hydrogen-bond acceptors (Lipinski definition) is 5. The molecule has 10 heteroatoms. The number of nitrogens with zero attached hydrogens (tertiary/aromatic N) is 2. The Morgan fingerprint density at radius 3 is 2.45 bits per heavy atom. The van der Waals surface area contributed by atoms with Crippen LogP contribution in [0.2, 0.25) is 5.02 Å². The van der Waals surface area contributed by atoms with Crippen molar-refractivity contribution < 1.29 is 22.7 Å². The molecule has 0 heterocycles. The van der Waals surface area contributed by atoms with E-state index >= 15 is 0 Å². The molecule has 2 aromatic rings. The second kappa shape index (κ2) is 11.4. The maximum absolute atomic E-state index is 13.4. The number of likely N-dealkylation sites (N-methyl/N-ethyl adjacent to an activating group) is 1. The summed E-state index contributed by atoms with van der Waals surface area (Å²) in [6.45, 7) is 5.21. The van der Waals surface area contributed by atoms with Crippen LogP contribution in [0.3, 0.4) is 0 Å². The fourth-order valence-electron chi connectivity index (χ4n) is 3.22. The summed E-state index contributed by atoms with van der Waals surface area (Å²) in [5.74, 6) is -0.255. The number of benzene rings is 2. The van der Waals surface area contributed by atoms with E-state index in [-0.39, 0.29) is 18.1 Å². The predicted octanol–water partition coefficient (Wildman–Crippen LogP) is 2.98. The van der Waals surface area contributed by atoms with E-state index in [1.165, 1.54) is 18.1 Å². The SMILES string of the molecule is CCNC(=O)[C@H](C)N(Cc1cccc(OC)c1)C(=O)CN(c1ccc(C)c(Cl)c1)S(C)(=O)=O. The Morgan fingerprint density at radius 2 is 1.88 bits per heavy atom. The van der Waals surface area contributed by atoms with Crippen LogP contribution in [0, 0.1) is 6.92 Å². The van der Waals surface area contributed by atoms with Gasteiger partial charge in [-0.2, -0.15) is 0 Å². The van der Waals surface area contributed by atoms with Crippen LogP contribution >= 0.6 is 11.6 Å². The maximum atomic E-state index is 13.4. The van der Waals surface area contributed by atoms with E-state index in [4.69, 9.17) is 16.3 Å². The second-order valence-electron chi connectivity index (χ2n) is 7.65. The Kier molecular flexibility index (Phi) is 9.13. The van der Waals surface area contributed by atoms with E-state index in [1.807, 2.05) is 0 Å². The number of sulfonamides is 1. The highest BCUT2D eigenvalue weighted by Gasteiger charge is 2.30. The fourth-order valence-corrected chi connectivity index (χ4v) is 4.24. The lowest BCUT2D eigenvalue weighted by molar-refractivity contribution is -0.139. The maximum Gasteiger partial charge on any atom is 0.244 e. The van der Waals surface area contributed by atoms with Crippen molar-refractivity contribution in [1.82, 2.24) is 10.2 Å². The molecule has 0 aliphatic rings. The predicted molar refractivity (Wildman–Crippen MR) is 130 cm³/mol. The molecule has 0 bridgehead atoms. The number of halogens is 1. The minimum absolute atomic E-state index is 0.0978. The van der Waals surface area contributed by atoms with Crippen LogP contribution in [0.5, 0.6) is 5.75 Å². The van der Waals surface area contributed by atoms with Gasteiger partial charge in [-0.3, -0.25) is 13.9 Å². The average molecular weight is 496 g/mol. The van der Waals surface area contributed by atoms with Crippen LogP contribution in [0.1, 0.15) is 25.0 Å². The van der Waals surface area contributed by atoms with Crippen molar-refractivity contribution in [1.29, 1.82) is 0 Å². The minimum Gasteiger partial charge on any atom is -0.497 e. The molecule has 0 aliphatic carbocycles. The highest BCUT2D eigenvalue weighted by Crippen LogP contribution is 2.25. The van der Waals surface area contributed by atoms with Gasteiger partial charge in [-0.25, -0.2) is 8.42 Å². The Bertz CT molecular complexity index is 1110. The largest absolute Gasteiger partial charge is 0.497 e. The monoisotopic (exact) mass is 495 g/mol. The highest BCUT2D eigenvalue weighted by atomic mass is 35.5. The minimum atomic E-state index is -3.81. The Labute approximate surface area is 200 Å². The first-order valence-corrected chi connectivity index (χ1v) is 12.6. The van der Waals surface area contributed by atoms with Crippen molar-refractivity contribution in [2.75, 3.05) is 30.8 Å². The van der Waals surface area contributed by atoms with Crippen molar-refractivity contribution in [3.63, 3.8) is 0 Å². The van der Waals surface area contributed by atoms with Gasteiger partial charge in [-0.05, 0) is 56.2 Å². The summed E-state index contributed by atoms with van der Waals surface area (Å²) in [5.41, 5.74) is 1.79. The van der Waals surface area contributed by atoms with Crippen molar-refractivity contribution >= 4 is 39.1 Å². The number of hydrogen-bond donors (Lipinski definition) is 1. The summed E-state index contributed by atoms with van der Waals surface area (Å²) in [5, 5.41) is 3.10. The molecule has 0 aliphatic heterocycles. The van der Waals surface area contributed by atoms with Gasteiger partial charge in [0, 0.05) is 18.1 Å². The van der Waals surface area contributed by atoms with Gasteiger partial charge in [0.1, 0.15) is 18.3 Å². The number of aryl methyl sites for hydroxylation is 1. The Morgan fingerprint density at radius 1 is 1.18 bits per heavy atom. The van der Waals surface area contributed by atoms with Gasteiger partial charge in [-0.15, -0.1) is 0 Å². The molecule has 0 spiro atoms. The Hall–Kier alpha value is -2.78. The lowest BCUT2D eigenvalue weighted by Gasteiger charge is -2.31. The molecular weight excluding hydrogens is 466 g/mol. The molecule has 0 aromatic heterocycles. The van der Waals surface area contributed by atoms with Crippen molar-refractivity contribution in [3.05, 3.63) is 58.6 Å². The van der Waals surface area contributed by atoms with Gasteiger partial charge in [0.2, 0.25) is 21.8 Å². The number of nitrogens with one attached hydrogen (secondary N) is 1. The van der Waals surface area contributed by atoms with E-state index < -0.39 is 28.5 Å². The van der Waals surface area contributed by atoms with Gasteiger partial charge >= 0.3 is 0 Å². The topological polar surface area (TPSA) is 96.0 Å². The number of amides is 2. The molecule has 2 amide bonds. The second-order valence-corrected chi connectivity index (χ2v) is 9.96. The van der Waals surface area contributed by atoms with Gasteiger partial charge in [0.05, 0.1) is 19.1 Å². The lowest BCUT2D eigenvalue weighted by Crippen LogP contribution is -2.51. The van der Waals surface area contributed by atoms with Crippen molar-refractivity contribution in [2.24, 2.45) is 0 Å². The summed E-state index contributed by atoms with van der Waals surface area (Å²) in [7, 11) is -2.27. The van der Waals surface area contributed by atoms with Gasteiger partial charge < -0.3 is 15.0 Å². The van der Waals surface area contributed by atoms with Crippen LogP contribution in [-0.2, 0) is 26.2 Å². The van der Waals surface area contributed by atoms with Crippen LogP contribution in [0.15, 0.2) is 42.5 Å². The normalized spacial score (nSPS) is 12.1. The van der Waals surface area contributed by atoms with Crippen LogP contribution in [0.4, 0.5) is 5.69 Å². The number of anilines is 1. The van der Waals surface area contributed by atoms with Crippen LogP contribution in [0.25, 0.3) is 0 Å². The molecule has 1 atom stereocenters. The summed E-state index contributed by atoms with van der Waals surface area (Å²) < 4.78 is 31.3. The molecular formula is C23H30ClN3O5S. The molecule has 180 valence electrons. The molecule has 2 aromatic carbocycles. The van der Waals surface area contributed by atoms with E-state index in [0.29, 0.717) is 17.3 Å². The summed E-state index contributed by atoms with van der Waals surface area (Å²) in [4.78, 5) is 27.3. The van der Waals surface area contributed by atoms with Crippen molar-refractivity contribution in [2.45, 2.75) is 33.4 Å². The molecule has 2 rings (SSSR count). The third kappa shape index (κ3) is 7.10. The summed E-state index contributed by atoms with van der Waals surface area (Å²) in [6, 6.07) is 11.1. The first-order chi connectivity index (χ1) is 15.5. The zero-order chi connectivity index (χ0) is 24.8. The van der Waals surface area contributed by atoms with E-state index in [9.17, 15) is 18.0 Å². The summed E-state index contributed by atoms with van der Waals surface area (Å²) >= 11 is 6.19. The van der Waals surface area contributed by atoms with Gasteiger partial charge in [0.25, 0.3) is 0 Å². The number of ether oxygens (including phenoxy) is 1. The Balaban J connectivity index is 2.41. The van der Waals surface area contributed by atoms with E-state index in [1.54, 1.807) is 57.2 Å². The molecule has 0 radical (unpaired) electrons. The number of rotatable bonds is 10. The quantitative estimate of drug-likeness (QED) is 0.546. The number of methoxy groups -OCH3 is 1. The molecule has 1 N–H and O–H groups in total. The van der Waals surface area contributed by atoms with Crippen LogP contribution < -0.4 is 14.4 Å². The standard InChI is InChI=1S/C23H30ClN3O5S/c1-6-25-23(29)17(3)26(14-18-8-7-9-20(12-18)32-4)22(28)15-27(33(5,30)31)19-11-10-16(2)21(24)13-19/h7-13,17H,6,14-15H2,1-5H3,(H,25,29)/t17-/m0/s1. The van der Waals surface area contributed by atoms with E-state index in [0.717, 1.165) is 21.7 Å². The fraction of sp³-hybridized carbons (Fsp3) is 0.391. The first kappa shape index (κ1) is 26.5. The van der Waals surface area contributed by atoms with E-state index in [2.05, 4.69) is 5.32 Å². The van der Waals surface area contributed by atoms with Crippen molar-refractivity contribution in [3.8, 4) is 5.75 Å². The molecule has 0 unspecified atom stereocenters.